The molecule has 3 rings (SSSR count). The standard InChI is InChI=1S/C17H13N3/c1-12-4-2-6-14(10-12)20-16-8-9-19-15-7-3-5-13(11-18)17(15)16/h2-10H,1H3,(H,19,20). The van der Waals surface area contributed by atoms with E-state index in [1.54, 1.807) is 6.20 Å². The van der Waals surface area contributed by atoms with Crippen molar-refractivity contribution in [2.75, 3.05) is 5.32 Å². The first kappa shape index (κ1) is 12.2. The number of hydrogen-bond donors (Lipinski definition) is 1. The number of anilines is 2. The lowest BCUT2D eigenvalue weighted by molar-refractivity contribution is 1.39. The van der Waals surface area contributed by atoms with Gasteiger partial charge in [-0.2, -0.15) is 5.26 Å². The summed E-state index contributed by atoms with van der Waals surface area (Å²) < 4.78 is 0. The molecule has 0 aliphatic heterocycles. The Morgan fingerprint density at radius 3 is 2.75 bits per heavy atom. The molecule has 96 valence electrons. The van der Waals surface area contributed by atoms with Crippen molar-refractivity contribution in [1.29, 1.82) is 5.26 Å². The molecule has 0 spiro atoms. The van der Waals surface area contributed by atoms with Crippen LogP contribution in [0.1, 0.15) is 11.1 Å². The second-order valence-electron chi connectivity index (χ2n) is 4.66. The highest BCUT2D eigenvalue weighted by Crippen LogP contribution is 2.28. The Bertz CT molecular complexity index is 811. The Morgan fingerprint density at radius 1 is 1.10 bits per heavy atom. The summed E-state index contributed by atoms with van der Waals surface area (Å²) in [5.74, 6) is 0. The van der Waals surface area contributed by atoms with Crippen LogP contribution in [0.15, 0.2) is 54.7 Å². The number of aromatic nitrogens is 1. The Balaban J connectivity index is 2.15. The summed E-state index contributed by atoms with van der Waals surface area (Å²) in [5.41, 5.74) is 4.55. The molecule has 0 saturated carbocycles. The molecule has 0 atom stereocenters. The Kier molecular flexibility index (Phi) is 3.06. The molecule has 0 fully saturated rings. The largest absolute Gasteiger partial charge is 0.355 e. The number of benzene rings is 2. The van der Waals surface area contributed by atoms with E-state index in [4.69, 9.17) is 0 Å². The predicted molar refractivity (Wildman–Crippen MR) is 80.9 cm³/mol. The molecular formula is C17H13N3. The number of nitrogens with zero attached hydrogens (tertiary/aromatic N) is 2. The molecule has 0 saturated heterocycles. The van der Waals surface area contributed by atoms with Crippen LogP contribution < -0.4 is 5.32 Å². The average molecular weight is 259 g/mol. The van der Waals surface area contributed by atoms with Crippen LogP contribution in [0, 0.1) is 18.3 Å². The van der Waals surface area contributed by atoms with Gasteiger partial charge in [0, 0.05) is 17.3 Å². The Morgan fingerprint density at radius 2 is 1.95 bits per heavy atom. The molecule has 1 N–H and O–H groups in total. The lowest BCUT2D eigenvalue weighted by Gasteiger charge is -2.11. The molecule has 3 heteroatoms. The van der Waals surface area contributed by atoms with E-state index >= 15 is 0 Å². The molecule has 0 aliphatic carbocycles. The number of nitrogens with one attached hydrogen (secondary N) is 1. The molecule has 2 aromatic carbocycles. The van der Waals surface area contributed by atoms with Gasteiger partial charge in [0.1, 0.15) is 0 Å². The average Bonchev–Trinajstić information content (AvgIpc) is 2.47. The van der Waals surface area contributed by atoms with Crippen molar-refractivity contribution >= 4 is 22.3 Å². The van der Waals surface area contributed by atoms with Crippen LogP contribution in [0.4, 0.5) is 11.4 Å². The maximum absolute atomic E-state index is 9.26. The number of aryl methyl sites for hydroxylation is 1. The van der Waals surface area contributed by atoms with Crippen LogP contribution in [0.3, 0.4) is 0 Å². The van der Waals surface area contributed by atoms with E-state index < -0.39 is 0 Å². The van der Waals surface area contributed by atoms with Crippen LogP contribution in [-0.2, 0) is 0 Å². The van der Waals surface area contributed by atoms with Crippen molar-refractivity contribution in [3.05, 3.63) is 65.9 Å². The van der Waals surface area contributed by atoms with Gasteiger partial charge in [-0.1, -0.05) is 18.2 Å². The van der Waals surface area contributed by atoms with E-state index in [1.807, 2.05) is 36.4 Å². The first-order valence-electron chi connectivity index (χ1n) is 6.39. The lowest BCUT2D eigenvalue weighted by atomic mass is 10.1. The summed E-state index contributed by atoms with van der Waals surface area (Å²) in [5, 5.41) is 13.5. The summed E-state index contributed by atoms with van der Waals surface area (Å²) in [6.07, 6.45) is 1.75. The van der Waals surface area contributed by atoms with Gasteiger partial charge >= 0.3 is 0 Å². The molecule has 0 radical (unpaired) electrons. The van der Waals surface area contributed by atoms with E-state index in [0.717, 1.165) is 22.3 Å². The third-order valence-electron chi connectivity index (χ3n) is 3.18. The number of nitriles is 1. The summed E-state index contributed by atoms with van der Waals surface area (Å²) in [7, 11) is 0. The third kappa shape index (κ3) is 2.19. The zero-order valence-corrected chi connectivity index (χ0v) is 11.1. The van der Waals surface area contributed by atoms with E-state index in [0.29, 0.717) is 5.56 Å². The fourth-order valence-corrected chi connectivity index (χ4v) is 2.28. The van der Waals surface area contributed by atoms with E-state index in [9.17, 15) is 5.26 Å². The van der Waals surface area contributed by atoms with Gasteiger partial charge in [-0.05, 0) is 42.8 Å². The molecule has 0 amide bonds. The molecule has 0 unspecified atom stereocenters. The second-order valence-corrected chi connectivity index (χ2v) is 4.66. The van der Waals surface area contributed by atoms with Crippen LogP contribution in [0.25, 0.3) is 10.9 Å². The molecular weight excluding hydrogens is 246 g/mol. The first-order valence-corrected chi connectivity index (χ1v) is 6.39. The summed E-state index contributed by atoms with van der Waals surface area (Å²) >= 11 is 0. The fraction of sp³-hybridized carbons (Fsp3) is 0.0588. The van der Waals surface area contributed by atoms with E-state index in [2.05, 4.69) is 35.4 Å². The molecule has 3 aromatic rings. The zero-order chi connectivity index (χ0) is 13.9. The molecule has 1 aromatic heterocycles. The van der Waals surface area contributed by atoms with Gasteiger partial charge in [0.05, 0.1) is 22.8 Å². The van der Waals surface area contributed by atoms with Crippen molar-refractivity contribution < 1.29 is 0 Å². The highest BCUT2D eigenvalue weighted by molar-refractivity contribution is 5.97. The first-order chi connectivity index (χ1) is 9.78. The van der Waals surface area contributed by atoms with Crippen LogP contribution in [0.2, 0.25) is 0 Å². The Hall–Kier alpha value is -2.86. The summed E-state index contributed by atoms with van der Waals surface area (Å²) in [4.78, 5) is 4.32. The van der Waals surface area contributed by atoms with Gasteiger partial charge < -0.3 is 5.32 Å². The van der Waals surface area contributed by atoms with Crippen molar-refractivity contribution in [1.82, 2.24) is 4.98 Å². The predicted octanol–water partition coefficient (Wildman–Crippen LogP) is 4.16. The smallest absolute Gasteiger partial charge is 0.0999 e. The minimum atomic E-state index is 0.630. The lowest BCUT2D eigenvalue weighted by Crippen LogP contribution is -1.94. The van der Waals surface area contributed by atoms with Crippen LogP contribution >= 0.6 is 0 Å². The SMILES string of the molecule is Cc1cccc(Nc2ccnc3cccc(C#N)c23)c1. The van der Waals surface area contributed by atoms with Crippen LogP contribution in [0.5, 0.6) is 0 Å². The van der Waals surface area contributed by atoms with Gasteiger partial charge in [-0.15, -0.1) is 0 Å². The van der Waals surface area contributed by atoms with Gasteiger partial charge in [0.25, 0.3) is 0 Å². The summed E-state index contributed by atoms with van der Waals surface area (Å²) in [6, 6.07) is 17.8. The van der Waals surface area contributed by atoms with Gasteiger partial charge in [0.15, 0.2) is 0 Å². The summed E-state index contributed by atoms with van der Waals surface area (Å²) in [6.45, 7) is 2.05. The molecule has 0 aliphatic rings. The van der Waals surface area contributed by atoms with Gasteiger partial charge in [-0.3, -0.25) is 4.98 Å². The second kappa shape index (κ2) is 5.02. The van der Waals surface area contributed by atoms with Gasteiger partial charge in [-0.25, -0.2) is 0 Å². The molecule has 3 nitrogen and oxygen atoms in total. The molecule has 20 heavy (non-hydrogen) atoms. The Labute approximate surface area is 117 Å². The quantitative estimate of drug-likeness (QED) is 0.751. The van der Waals surface area contributed by atoms with Gasteiger partial charge in [0.2, 0.25) is 0 Å². The highest BCUT2D eigenvalue weighted by atomic mass is 14.9. The fourth-order valence-electron chi connectivity index (χ4n) is 2.28. The van der Waals surface area contributed by atoms with Crippen LogP contribution in [-0.4, -0.2) is 4.98 Å². The molecule has 0 bridgehead atoms. The zero-order valence-electron chi connectivity index (χ0n) is 11.1. The van der Waals surface area contributed by atoms with E-state index in [-0.39, 0.29) is 0 Å². The minimum absolute atomic E-state index is 0.630. The number of pyridine rings is 1. The number of fused-ring (bicyclic) bond motifs is 1. The maximum atomic E-state index is 9.26. The van der Waals surface area contributed by atoms with Crippen molar-refractivity contribution in [2.45, 2.75) is 6.92 Å². The number of hydrogen-bond acceptors (Lipinski definition) is 3. The third-order valence-corrected chi connectivity index (χ3v) is 3.18. The van der Waals surface area contributed by atoms with Crippen molar-refractivity contribution in [3.63, 3.8) is 0 Å². The maximum Gasteiger partial charge on any atom is 0.0999 e. The van der Waals surface area contributed by atoms with E-state index in [1.165, 1.54) is 5.56 Å². The highest BCUT2D eigenvalue weighted by Gasteiger charge is 2.07. The van der Waals surface area contributed by atoms with Crippen molar-refractivity contribution in [2.24, 2.45) is 0 Å². The minimum Gasteiger partial charge on any atom is -0.355 e. The van der Waals surface area contributed by atoms with Crippen molar-refractivity contribution in [3.8, 4) is 6.07 Å². The molecule has 1 heterocycles. The number of rotatable bonds is 2. The topological polar surface area (TPSA) is 48.7 Å². The monoisotopic (exact) mass is 259 g/mol. The normalized spacial score (nSPS) is 10.2.